The van der Waals surface area contributed by atoms with Gasteiger partial charge in [-0.25, -0.2) is 4.98 Å². The second-order valence-corrected chi connectivity index (χ2v) is 2.85. The lowest BCUT2D eigenvalue weighted by Crippen LogP contribution is -1.97. The molecule has 0 aromatic carbocycles. The lowest BCUT2D eigenvalue weighted by Gasteiger charge is -2.02. The van der Waals surface area contributed by atoms with Crippen molar-refractivity contribution < 1.29 is 9.13 Å². The van der Waals surface area contributed by atoms with E-state index in [1.165, 1.54) is 12.3 Å². The van der Waals surface area contributed by atoms with E-state index in [0.29, 0.717) is 4.47 Å². The van der Waals surface area contributed by atoms with Crippen LogP contribution in [-0.2, 0) is 0 Å². The summed E-state index contributed by atoms with van der Waals surface area (Å²) < 4.78 is 18.3. The molecule has 0 aliphatic heterocycles. The molecule has 0 atom stereocenters. The van der Waals surface area contributed by atoms with Crippen LogP contribution in [0, 0.1) is 18.3 Å². The van der Waals surface area contributed by atoms with Gasteiger partial charge in [0.05, 0.1) is 0 Å². The van der Waals surface area contributed by atoms with Gasteiger partial charge in [-0.1, -0.05) is 5.92 Å². The third kappa shape index (κ3) is 2.21. The Hall–Kier alpha value is -1.08. The molecular formula is C8H5BrFNO. The number of terminal acetylenes is 1. The van der Waals surface area contributed by atoms with E-state index in [1.807, 2.05) is 0 Å². The average molecular weight is 230 g/mol. The van der Waals surface area contributed by atoms with Crippen molar-refractivity contribution in [2.75, 3.05) is 6.61 Å². The molecule has 0 fully saturated rings. The lowest BCUT2D eigenvalue weighted by molar-refractivity contribution is 0.341. The first-order valence-electron chi connectivity index (χ1n) is 3.11. The quantitative estimate of drug-likeness (QED) is 0.572. The Morgan fingerprint density at radius 1 is 1.75 bits per heavy atom. The molecule has 0 spiro atoms. The van der Waals surface area contributed by atoms with Gasteiger partial charge < -0.3 is 4.74 Å². The molecule has 2 nitrogen and oxygen atoms in total. The Kier molecular flexibility index (Phi) is 3.06. The maximum absolute atomic E-state index is 12.8. The third-order valence-electron chi connectivity index (χ3n) is 1.08. The lowest BCUT2D eigenvalue weighted by atomic mass is 10.4. The fraction of sp³-hybridized carbons (Fsp3) is 0.125. The fourth-order valence-corrected chi connectivity index (χ4v) is 0.935. The maximum Gasteiger partial charge on any atom is 0.255 e. The molecule has 0 aliphatic rings. The van der Waals surface area contributed by atoms with E-state index in [1.54, 1.807) is 0 Å². The molecule has 0 aliphatic carbocycles. The standard InChI is InChI=1S/C8H5BrFNO/c1-2-3-12-7-4-6(9)5-11-8(7)10/h1,4-5H,3H2. The predicted octanol–water partition coefficient (Wildman–Crippen LogP) is 2.00. The van der Waals surface area contributed by atoms with E-state index >= 15 is 0 Å². The highest BCUT2D eigenvalue weighted by Crippen LogP contribution is 2.19. The van der Waals surface area contributed by atoms with Crippen molar-refractivity contribution in [1.29, 1.82) is 0 Å². The Balaban J connectivity index is 2.84. The van der Waals surface area contributed by atoms with E-state index in [4.69, 9.17) is 11.2 Å². The minimum absolute atomic E-state index is 0.0368. The number of hydrogen-bond donors (Lipinski definition) is 0. The molecule has 0 N–H and O–H groups in total. The molecule has 0 saturated heterocycles. The van der Waals surface area contributed by atoms with Gasteiger partial charge in [0.15, 0.2) is 5.75 Å². The van der Waals surface area contributed by atoms with Gasteiger partial charge in [0.25, 0.3) is 5.95 Å². The van der Waals surface area contributed by atoms with E-state index in [9.17, 15) is 4.39 Å². The van der Waals surface area contributed by atoms with Crippen molar-refractivity contribution in [3.8, 4) is 18.1 Å². The van der Waals surface area contributed by atoms with Crippen molar-refractivity contribution in [2.45, 2.75) is 0 Å². The van der Waals surface area contributed by atoms with Crippen molar-refractivity contribution in [1.82, 2.24) is 4.98 Å². The average Bonchev–Trinajstić information content (AvgIpc) is 2.07. The van der Waals surface area contributed by atoms with Gasteiger partial charge in [-0.15, -0.1) is 6.42 Å². The largest absolute Gasteiger partial charge is 0.476 e. The first-order chi connectivity index (χ1) is 5.74. The molecule has 1 heterocycles. The van der Waals surface area contributed by atoms with Gasteiger partial charge in [-0.05, 0) is 15.9 Å². The Morgan fingerprint density at radius 2 is 2.50 bits per heavy atom. The molecule has 1 aromatic heterocycles. The minimum atomic E-state index is -0.659. The van der Waals surface area contributed by atoms with E-state index in [0.717, 1.165) is 0 Å². The molecule has 1 rings (SSSR count). The van der Waals surface area contributed by atoms with Gasteiger partial charge in [-0.2, -0.15) is 4.39 Å². The van der Waals surface area contributed by atoms with Gasteiger partial charge in [0.2, 0.25) is 0 Å². The Bertz CT molecular complexity index is 321. The van der Waals surface area contributed by atoms with Gasteiger partial charge in [0, 0.05) is 16.7 Å². The number of nitrogens with zero attached hydrogens (tertiary/aromatic N) is 1. The highest BCUT2D eigenvalue weighted by molar-refractivity contribution is 9.10. The molecule has 0 saturated carbocycles. The number of pyridine rings is 1. The monoisotopic (exact) mass is 229 g/mol. The fourth-order valence-electron chi connectivity index (χ4n) is 0.625. The maximum atomic E-state index is 12.8. The molecule has 0 unspecified atom stereocenters. The molecule has 62 valence electrons. The molecule has 0 bridgehead atoms. The Morgan fingerprint density at radius 3 is 3.17 bits per heavy atom. The predicted molar refractivity (Wildman–Crippen MR) is 46.2 cm³/mol. The molecule has 0 radical (unpaired) electrons. The topological polar surface area (TPSA) is 22.1 Å². The normalized spacial score (nSPS) is 9.08. The van der Waals surface area contributed by atoms with Crippen LogP contribution in [0.3, 0.4) is 0 Å². The number of aromatic nitrogens is 1. The molecular weight excluding hydrogens is 225 g/mol. The van der Waals surface area contributed by atoms with E-state index in [-0.39, 0.29) is 12.4 Å². The van der Waals surface area contributed by atoms with Crippen LogP contribution in [0.5, 0.6) is 5.75 Å². The highest BCUT2D eigenvalue weighted by Gasteiger charge is 2.03. The number of ether oxygens (including phenoxy) is 1. The highest BCUT2D eigenvalue weighted by atomic mass is 79.9. The smallest absolute Gasteiger partial charge is 0.255 e. The summed E-state index contributed by atoms with van der Waals surface area (Å²) in [6.45, 7) is 0.0368. The van der Waals surface area contributed by atoms with E-state index in [2.05, 4.69) is 26.8 Å². The van der Waals surface area contributed by atoms with Gasteiger partial charge in [-0.3, -0.25) is 0 Å². The third-order valence-corrected chi connectivity index (χ3v) is 1.52. The van der Waals surface area contributed by atoms with Crippen LogP contribution in [0.2, 0.25) is 0 Å². The first-order valence-corrected chi connectivity index (χ1v) is 3.90. The molecule has 12 heavy (non-hydrogen) atoms. The van der Waals surface area contributed by atoms with Crippen molar-refractivity contribution in [2.24, 2.45) is 0 Å². The van der Waals surface area contributed by atoms with Crippen LogP contribution in [-0.4, -0.2) is 11.6 Å². The zero-order valence-corrected chi connectivity index (χ0v) is 7.64. The number of rotatable bonds is 2. The van der Waals surface area contributed by atoms with Crippen LogP contribution < -0.4 is 4.74 Å². The Labute approximate surface area is 77.9 Å². The summed E-state index contributed by atoms with van der Waals surface area (Å²) in [7, 11) is 0. The first kappa shape index (κ1) is 9.01. The minimum Gasteiger partial charge on any atom is -0.476 e. The molecule has 1 aromatic rings. The van der Waals surface area contributed by atoms with Crippen LogP contribution in [0.4, 0.5) is 4.39 Å². The van der Waals surface area contributed by atoms with Gasteiger partial charge in [0.1, 0.15) is 6.61 Å². The summed E-state index contributed by atoms with van der Waals surface area (Å²) in [5, 5.41) is 0. The van der Waals surface area contributed by atoms with Crippen molar-refractivity contribution >= 4 is 15.9 Å². The zero-order chi connectivity index (χ0) is 8.97. The summed E-state index contributed by atoms with van der Waals surface area (Å²) in [6.07, 6.45) is 6.28. The summed E-state index contributed by atoms with van der Waals surface area (Å²) >= 11 is 3.13. The summed E-state index contributed by atoms with van der Waals surface area (Å²) in [4.78, 5) is 3.42. The summed E-state index contributed by atoms with van der Waals surface area (Å²) in [6, 6.07) is 1.47. The summed E-state index contributed by atoms with van der Waals surface area (Å²) in [5.41, 5.74) is 0. The number of halogens is 2. The zero-order valence-electron chi connectivity index (χ0n) is 6.05. The number of hydrogen-bond acceptors (Lipinski definition) is 2. The second-order valence-electron chi connectivity index (χ2n) is 1.94. The molecule has 4 heteroatoms. The second kappa shape index (κ2) is 4.07. The van der Waals surface area contributed by atoms with E-state index < -0.39 is 5.95 Å². The van der Waals surface area contributed by atoms with Crippen LogP contribution in [0.15, 0.2) is 16.7 Å². The van der Waals surface area contributed by atoms with Crippen molar-refractivity contribution in [3.05, 3.63) is 22.7 Å². The van der Waals surface area contributed by atoms with Crippen LogP contribution in [0.1, 0.15) is 0 Å². The van der Waals surface area contributed by atoms with Crippen LogP contribution >= 0.6 is 15.9 Å². The SMILES string of the molecule is C#CCOc1cc(Br)cnc1F. The van der Waals surface area contributed by atoms with Crippen LogP contribution in [0.25, 0.3) is 0 Å². The van der Waals surface area contributed by atoms with Gasteiger partial charge >= 0.3 is 0 Å². The molecule has 0 amide bonds. The summed E-state index contributed by atoms with van der Waals surface area (Å²) in [5.74, 6) is 1.63. The van der Waals surface area contributed by atoms with Crippen molar-refractivity contribution in [3.63, 3.8) is 0 Å².